The van der Waals surface area contributed by atoms with Gasteiger partial charge >= 0.3 is 0 Å². The van der Waals surface area contributed by atoms with Crippen molar-refractivity contribution in [3.8, 4) is 0 Å². The maximum Gasteiger partial charge on any atom is 0.154 e. The summed E-state index contributed by atoms with van der Waals surface area (Å²) < 4.78 is 24.4. The van der Waals surface area contributed by atoms with E-state index in [1.165, 1.54) is 6.26 Å². The van der Waals surface area contributed by atoms with Crippen LogP contribution in [0.1, 0.15) is 25.2 Å². The SMILES string of the molecule is Cc1cc(CC(NN)C(C)(C)S(C)(=O)=O)n(C)n1. The maximum absolute atomic E-state index is 11.8. The van der Waals surface area contributed by atoms with Gasteiger partial charge in [-0.1, -0.05) is 0 Å². The van der Waals surface area contributed by atoms with Crippen molar-refractivity contribution in [2.45, 2.75) is 38.0 Å². The molecule has 1 rings (SSSR count). The fourth-order valence-corrected chi connectivity index (χ4v) is 2.50. The summed E-state index contributed by atoms with van der Waals surface area (Å²) in [5.74, 6) is 5.52. The van der Waals surface area contributed by atoms with Crippen molar-refractivity contribution in [1.29, 1.82) is 0 Å². The average Bonchev–Trinajstić information content (AvgIpc) is 2.51. The Morgan fingerprint density at radius 3 is 2.44 bits per heavy atom. The minimum absolute atomic E-state index is 0.373. The lowest BCUT2D eigenvalue weighted by Crippen LogP contribution is -2.55. The van der Waals surface area contributed by atoms with E-state index < -0.39 is 14.6 Å². The first-order chi connectivity index (χ1) is 8.09. The minimum atomic E-state index is -3.21. The molecule has 7 heteroatoms. The summed E-state index contributed by atoms with van der Waals surface area (Å²) in [7, 11) is -1.38. The highest BCUT2D eigenvalue weighted by Gasteiger charge is 2.38. The van der Waals surface area contributed by atoms with Crippen LogP contribution in [0.5, 0.6) is 0 Å². The van der Waals surface area contributed by atoms with Crippen molar-refractivity contribution in [1.82, 2.24) is 15.2 Å². The molecule has 1 heterocycles. The van der Waals surface area contributed by atoms with Gasteiger partial charge in [0, 0.05) is 31.5 Å². The van der Waals surface area contributed by atoms with Gasteiger partial charge in [-0.15, -0.1) is 0 Å². The van der Waals surface area contributed by atoms with Gasteiger partial charge in [0.15, 0.2) is 9.84 Å². The van der Waals surface area contributed by atoms with E-state index in [9.17, 15) is 8.42 Å². The topological polar surface area (TPSA) is 90.0 Å². The van der Waals surface area contributed by atoms with E-state index in [1.807, 2.05) is 20.0 Å². The molecule has 0 amide bonds. The van der Waals surface area contributed by atoms with Crippen LogP contribution in [-0.2, 0) is 23.3 Å². The van der Waals surface area contributed by atoms with E-state index in [4.69, 9.17) is 5.84 Å². The molecule has 0 aliphatic heterocycles. The van der Waals surface area contributed by atoms with Gasteiger partial charge in [0.25, 0.3) is 0 Å². The second kappa shape index (κ2) is 4.99. The van der Waals surface area contributed by atoms with Gasteiger partial charge in [-0.3, -0.25) is 16.0 Å². The maximum atomic E-state index is 11.8. The third-order valence-corrected chi connectivity index (χ3v) is 5.70. The van der Waals surface area contributed by atoms with Crippen LogP contribution < -0.4 is 11.3 Å². The number of hydrogen-bond donors (Lipinski definition) is 2. The summed E-state index contributed by atoms with van der Waals surface area (Å²) in [5, 5.41) is 4.24. The van der Waals surface area contributed by atoms with E-state index >= 15 is 0 Å². The van der Waals surface area contributed by atoms with Crippen molar-refractivity contribution < 1.29 is 8.42 Å². The largest absolute Gasteiger partial charge is 0.272 e. The highest BCUT2D eigenvalue weighted by atomic mass is 32.2. The Morgan fingerprint density at radius 2 is 2.11 bits per heavy atom. The quantitative estimate of drug-likeness (QED) is 0.579. The fourth-order valence-electron chi connectivity index (χ4n) is 1.83. The van der Waals surface area contributed by atoms with Gasteiger partial charge in [-0.25, -0.2) is 8.42 Å². The Morgan fingerprint density at radius 1 is 1.56 bits per heavy atom. The molecule has 3 N–H and O–H groups in total. The first-order valence-electron chi connectivity index (χ1n) is 5.75. The monoisotopic (exact) mass is 274 g/mol. The number of nitrogens with two attached hydrogens (primary N) is 1. The molecule has 1 aromatic rings. The van der Waals surface area contributed by atoms with E-state index in [1.54, 1.807) is 18.5 Å². The second-order valence-corrected chi connectivity index (χ2v) is 7.80. The molecule has 0 spiro atoms. The summed E-state index contributed by atoms with van der Waals surface area (Å²) >= 11 is 0. The smallest absolute Gasteiger partial charge is 0.154 e. The molecule has 0 aliphatic carbocycles. The van der Waals surface area contributed by atoms with Crippen LogP contribution in [0.15, 0.2) is 6.07 Å². The Hall–Kier alpha value is -0.920. The van der Waals surface area contributed by atoms with Crippen LogP contribution in [0, 0.1) is 6.92 Å². The average molecular weight is 274 g/mol. The number of hydrogen-bond acceptors (Lipinski definition) is 5. The highest BCUT2D eigenvalue weighted by Crippen LogP contribution is 2.22. The number of nitrogens with zero attached hydrogens (tertiary/aromatic N) is 2. The van der Waals surface area contributed by atoms with Crippen LogP contribution in [0.3, 0.4) is 0 Å². The van der Waals surface area contributed by atoms with Crippen molar-refractivity contribution >= 4 is 9.84 Å². The fraction of sp³-hybridized carbons (Fsp3) is 0.727. The lowest BCUT2D eigenvalue weighted by Gasteiger charge is -2.32. The van der Waals surface area contributed by atoms with Crippen LogP contribution >= 0.6 is 0 Å². The third kappa shape index (κ3) is 2.90. The van der Waals surface area contributed by atoms with Crippen LogP contribution in [0.25, 0.3) is 0 Å². The van der Waals surface area contributed by atoms with Crippen molar-refractivity contribution in [2.75, 3.05) is 6.26 Å². The summed E-state index contributed by atoms with van der Waals surface area (Å²) in [6.07, 6.45) is 1.74. The lowest BCUT2D eigenvalue weighted by molar-refractivity contribution is 0.405. The molecule has 1 unspecified atom stereocenters. The van der Waals surface area contributed by atoms with Crippen LogP contribution in [0.4, 0.5) is 0 Å². The molecular formula is C11H22N4O2S. The van der Waals surface area contributed by atoms with E-state index in [-0.39, 0.29) is 6.04 Å². The second-order valence-electron chi connectivity index (χ2n) is 5.20. The predicted octanol–water partition coefficient (Wildman–Crippen LogP) is -0.0739. The first-order valence-corrected chi connectivity index (χ1v) is 7.64. The summed E-state index contributed by atoms with van der Waals surface area (Å²) in [6.45, 7) is 5.25. The van der Waals surface area contributed by atoms with Crippen molar-refractivity contribution in [3.63, 3.8) is 0 Å². The van der Waals surface area contributed by atoms with Gasteiger partial charge in [0.1, 0.15) is 0 Å². The number of aromatic nitrogens is 2. The number of aryl methyl sites for hydroxylation is 2. The van der Waals surface area contributed by atoms with E-state index in [0.29, 0.717) is 6.42 Å². The zero-order valence-corrected chi connectivity index (χ0v) is 12.4. The van der Waals surface area contributed by atoms with Gasteiger partial charge in [-0.2, -0.15) is 5.10 Å². The molecule has 0 bridgehead atoms. The van der Waals surface area contributed by atoms with Crippen LogP contribution in [0.2, 0.25) is 0 Å². The zero-order valence-electron chi connectivity index (χ0n) is 11.6. The van der Waals surface area contributed by atoms with Gasteiger partial charge in [0.2, 0.25) is 0 Å². The first kappa shape index (κ1) is 15.1. The Labute approximate surface area is 108 Å². The summed E-state index contributed by atoms with van der Waals surface area (Å²) in [5.41, 5.74) is 4.47. The molecular weight excluding hydrogens is 252 g/mol. The standard InChI is InChI=1S/C11H22N4O2S/c1-8-6-9(15(4)14-8)7-10(13-12)11(2,3)18(5,16)17/h6,10,13H,7,12H2,1-5H3. The number of rotatable bonds is 5. The van der Waals surface area contributed by atoms with Crippen molar-refractivity contribution in [2.24, 2.45) is 12.9 Å². The Kier molecular flexibility index (Phi) is 4.19. The van der Waals surface area contributed by atoms with Gasteiger partial charge in [-0.05, 0) is 26.8 Å². The minimum Gasteiger partial charge on any atom is -0.272 e. The molecule has 0 radical (unpaired) electrons. The summed E-state index contributed by atoms with van der Waals surface area (Å²) in [4.78, 5) is 0. The molecule has 0 fully saturated rings. The Balaban J connectivity index is 3.03. The molecule has 0 aliphatic rings. The van der Waals surface area contributed by atoms with E-state index in [2.05, 4.69) is 10.5 Å². The molecule has 0 saturated heterocycles. The molecule has 6 nitrogen and oxygen atoms in total. The normalized spacial score (nSPS) is 14.8. The molecule has 18 heavy (non-hydrogen) atoms. The highest BCUT2D eigenvalue weighted by molar-refractivity contribution is 7.92. The molecule has 1 aromatic heterocycles. The molecule has 0 saturated carbocycles. The Bertz CT molecular complexity index is 519. The van der Waals surface area contributed by atoms with E-state index in [0.717, 1.165) is 11.4 Å². The summed E-state index contributed by atoms with van der Waals surface area (Å²) in [6, 6.07) is 1.56. The number of hydrazine groups is 1. The zero-order chi connectivity index (χ0) is 14.1. The predicted molar refractivity (Wildman–Crippen MR) is 71.7 cm³/mol. The molecule has 104 valence electrons. The van der Waals surface area contributed by atoms with Crippen molar-refractivity contribution in [3.05, 3.63) is 17.5 Å². The molecule has 1 atom stereocenters. The van der Waals surface area contributed by atoms with Crippen LogP contribution in [-0.4, -0.2) is 35.2 Å². The molecule has 0 aromatic carbocycles. The lowest BCUT2D eigenvalue weighted by atomic mass is 9.98. The van der Waals surface area contributed by atoms with Gasteiger partial charge in [0.05, 0.1) is 10.4 Å². The third-order valence-electron chi connectivity index (χ3n) is 3.51. The number of nitrogens with one attached hydrogen (secondary N) is 1. The van der Waals surface area contributed by atoms with Gasteiger partial charge < -0.3 is 0 Å². The number of sulfone groups is 1.